The molecule has 0 bridgehead atoms. The number of Topliss-reactive ketones (excluding diaryl/α,β-unsaturated/α-hetero) is 1. The first-order valence-corrected chi connectivity index (χ1v) is 9.47. The number of H-pyrrole nitrogens is 1. The van der Waals surface area contributed by atoms with Crippen LogP contribution in [0.5, 0.6) is 5.75 Å². The van der Waals surface area contributed by atoms with Crippen LogP contribution in [-0.4, -0.2) is 53.8 Å². The molecule has 2 aliphatic rings. The number of ether oxygens (including phenoxy) is 2. The van der Waals surface area contributed by atoms with Crippen LogP contribution in [0.1, 0.15) is 44.1 Å². The van der Waals surface area contributed by atoms with Crippen LogP contribution in [0.3, 0.4) is 0 Å². The van der Waals surface area contributed by atoms with E-state index in [4.69, 9.17) is 9.47 Å². The number of imide groups is 1. The first-order valence-electron chi connectivity index (χ1n) is 9.47. The Balaban J connectivity index is 1.63. The van der Waals surface area contributed by atoms with E-state index in [1.807, 2.05) is 0 Å². The fourth-order valence-electron chi connectivity index (χ4n) is 4.18. The molecule has 1 aromatic carbocycles. The number of amides is 3. The number of rotatable bonds is 4. The highest BCUT2D eigenvalue weighted by atomic mass is 16.5. The average Bonchev–Trinajstić information content (AvgIpc) is 3.16. The Hall–Kier alpha value is -3.62. The molecule has 1 fully saturated rings. The van der Waals surface area contributed by atoms with Crippen LogP contribution in [0.25, 0.3) is 0 Å². The second-order valence-corrected chi connectivity index (χ2v) is 7.36. The average molecular weight is 411 g/mol. The van der Waals surface area contributed by atoms with Gasteiger partial charge < -0.3 is 19.8 Å². The summed E-state index contributed by atoms with van der Waals surface area (Å²) >= 11 is 0. The van der Waals surface area contributed by atoms with E-state index in [2.05, 4.69) is 10.3 Å². The molecular formula is C21H21N3O6. The van der Waals surface area contributed by atoms with Crippen LogP contribution >= 0.6 is 0 Å². The Bertz CT molecular complexity index is 1090. The summed E-state index contributed by atoms with van der Waals surface area (Å²) in [4.78, 5) is 54.6. The lowest BCUT2D eigenvalue weighted by Gasteiger charge is -2.33. The first-order chi connectivity index (χ1) is 14.3. The third-order valence-corrected chi connectivity index (χ3v) is 5.66. The quantitative estimate of drug-likeness (QED) is 0.450. The van der Waals surface area contributed by atoms with Gasteiger partial charge in [0.2, 0.25) is 0 Å². The van der Waals surface area contributed by atoms with E-state index < -0.39 is 35.8 Å². The zero-order valence-corrected chi connectivity index (χ0v) is 16.8. The van der Waals surface area contributed by atoms with Gasteiger partial charge >= 0.3 is 12.0 Å². The van der Waals surface area contributed by atoms with Crippen LogP contribution < -0.4 is 10.1 Å². The van der Waals surface area contributed by atoms with E-state index in [9.17, 15) is 19.2 Å². The van der Waals surface area contributed by atoms with E-state index >= 15 is 0 Å². The van der Waals surface area contributed by atoms with E-state index in [0.29, 0.717) is 22.6 Å². The molecule has 1 spiro atoms. The number of nitrogens with zero attached hydrogens (tertiary/aromatic N) is 1. The highest BCUT2D eigenvalue weighted by molar-refractivity contribution is 6.12. The molecule has 1 saturated heterocycles. The molecule has 156 valence electrons. The number of aromatic nitrogens is 1. The number of hydrogen-bond donors (Lipinski definition) is 2. The molecule has 0 unspecified atom stereocenters. The van der Waals surface area contributed by atoms with Crippen molar-refractivity contribution < 1.29 is 28.7 Å². The minimum absolute atomic E-state index is 0.168. The van der Waals surface area contributed by atoms with E-state index in [1.54, 1.807) is 38.1 Å². The van der Waals surface area contributed by atoms with Gasteiger partial charge in [-0.25, -0.2) is 9.59 Å². The van der Waals surface area contributed by atoms with Crippen molar-refractivity contribution in [2.45, 2.75) is 25.8 Å². The maximum atomic E-state index is 13.3. The van der Waals surface area contributed by atoms with Crippen molar-refractivity contribution in [2.75, 3.05) is 20.3 Å². The molecule has 0 radical (unpaired) electrons. The molecule has 1 atom stereocenters. The molecule has 0 saturated carbocycles. The standard InChI is InChI=1S/C21H21N3O6/c1-11-16(18(26)29-3)12(2)22-17(11)14(25)10-24-19(27)21(23-20(24)28)8-9-30-15-7-5-4-6-13(15)21/h4-7,22H,8-10H2,1-3H3,(H,23,28)/t21-/m0/s1. The summed E-state index contributed by atoms with van der Waals surface area (Å²) in [5, 5.41) is 2.76. The fourth-order valence-corrected chi connectivity index (χ4v) is 4.18. The van der Waals surface area contributed by atoms with Crippen LogP contribution in [0.15, 0.2) is 24.3 Å². The van der Waals surface area contributed by atoms with Gasteiger partial charge in [-0.3, -0.25) is 14.5 Å². The number of ketones is 1. The molecule has 2 N–H and O–H groups in total. The fraction of sp³-hybridized carbons (Fsp3) is 0.333. The van der Waals surface area contributed by atoms with Crippen molar-refractivity contribution in [3.63, 3.8) is 0 Å². The largest absolute Gasteiger partial charge is 0.493 e. The minimum atomic E-state index is -1.25. The molecule has 4 rings (SSSR count). The van der Waals surface area contributed by atoms with Crippen LogP contribution in [0, 0.1) is 13.8 Å². The van der Waals surface area contributed by atoms with Crippen molar-refractivity contribution in [1.82, 2.24) is 15.2 Å². The Morgan fingerprint density at radius 2 is 1.97 bits per heavy atom. The summed E-state index contributed by atoms with van der Waals surface area (Å²) in [5.41, 5.74) is 0.667. The predicted molar refractivity (Wildman–Crippen MR) is 104 cm³/mol. The van der Waals surface area contributed by atoms with E-state index in [1.165, 1.54) is 7.11 Å². The molecule has 9 nitrogen and oxygen atoms in total. The molecule has 1 aromatic heterocycles. The minimum Gasteiger partial charge on any atom is -0.493 e. The van der Waals surface area contributed by atoms with Gasteiger partial charge in [0.25, 0.3) is 5.91 Å². The van der Waals surface area contributed by atoms with Gasteiger partial charge in [0, 0.05) is 17.7 Å². The van der Waals surface area contributed by atoms with Gasteiger partial charge in [-0.2, -0.15) is 0 Å². The van der Waals surface area contributed by atoms with Crippen molar-refractivity contribution in [2.24, 2.45) is 0 Å². The van der Waals surface area contributed by atoms with Crippen molar-refractivity contribution in [3.8, 4) is 5.75 Å². The third kappa shape index (κ3) is 2.77. The highest BCUT2D eigenvalue weighted by Crippen LogP contribution is 2.41. The number of esters is 1. The van der Waals surface area contributed by atoms with Crippen LogP contribution in [-0.2, 0) is 15.1 Å². The lowest BCUT2D eigenvalue weighted by molar-refractivity contribution is -0.132. The van der Waals surface area contributed by atoms with Gasteiger partial charge in [0.05, 0.1) is 31.5 Å². The molecule has 9 heteroatoms. The summed E-state index contributed by atoms with van der Waals surface area (Å²) in [6.45, 7) is 3.09. The Labute approximate surface area is 172 Å². The Morgan fingerprint density at radius 1 is 1.23 bits per heavy atom. The number of nitrogens with one attached hydrogen (secondary N) is 2. The molecule has 0 aliphatic carbocycles. The molecule has 2 aliphatic heterocycles. The van der Waals surface area contributed by atoms with Gasteiger partial charge in [-0.15, -0.1) is 0 Å². The maximum absolute atomic E-state index is 13.3. The maximum Gasteiger partial charge on any atom is 0.339 e. The summed E-state index contributed by atoms with van der Waals surface area (Å²) < 4.78 is 10.4. The smallest absolute Gasteiger partial charge is 0.339 e. The van der Waals surface area contributed by atoms with Gasteiger partial charge in [0.1, 0.15) is 5.75 Å². The topological polar surface area (TPSA) is 118 Å². The first kappa shape index (κ1) is 19.7. The zero-order valence-electron chi connectivity index (χ0n) is 16.8. The molecule has 3 amide bonds. The Morgan fingerprint density at radius 3 is 2.70 bits per heavy atom. The number of urea groups is 1. The third-order valence-electron chi connectivity index (χ3n) is 5.66. The number of methoxy groups -OCH3 is 1. The number of fused-ring (bicyclic) bond motifs is 2. The summed E-state index contributed by atoms with van der Waals surface area (Å²) in [7, 11) is 1.26. The van der Waals surface area contributed by atoms with Crippen molar-refractivity contribution >= 4 is 23.7 Å². The highest BCUT2D eigenvalue weighted by Gasteiger charge is 2.55. The molecular weight excluding hydrogens is 390 g/mol. The lowest BCUT2D eigenvalue weighted by atomic mass is 9.84. The van der Waals surface area contributed by atoms with Gasteiger partial charge in [0.15, 0.2) is 11.3 Å². The van der Waals surface area contributed by atoms with Crippen LogP contribution in [0.4, 0.5) is 4.79 Å². The number of hydrogen-bond acceptors (Lipinski definition) is 6. The number of para-hydroxylation sites is 1. The summed E-state index contributed by atoms with van der Waals surface area (Å²) in [6, 6.07) is 6.39. The van der Waals surface area contributed by atoms with E-state index in [0.717, 1.165) is 4.90 Å². The van der Waals surface area contributed by atoms with Crippen molar-refractivity contribution in [3.05, 3.63) is 52.3 Å². The number of benzene rings is 1. The van der Waals surface area contributed by atoms with E-state index in [-0.39, 0.29) is 24.3 Å². The van der Waals surface area contributed by atoms with Crippen LogP contribution in [0.2, 0.25) is 0 Å². The Kier molecular flexibility index (Phi) is 4.60. The predicted octanol–water partition coefficient (Wildman–Crippen LogP) is 1.83. The van der Waals surface area contributed by atoms with Gasteiger partial charge in [-0.1, -0.05) is 18.2 Å². The molecule has 3 heterocycles. The zero-order chi connectivity index (χ0) is 21.6. The van der Waals surface area contributed by atoms with Gasteiger partial charge in [-0.05, 0) is 25.5 Å². The summed E-state index contributed by atoms with van der Waals surface area (Å²) in [5.74, 6) is -1.01. The molecule has 30 heavy (non-hydrogen) atoms. The van der Waals surface area contributed by atoms with Crippen molar-refractivity contribution in [1.29, 1.82) is 0 Å². The number of aryl methyl sites for hydroxylation is 1. The second-order valence-electron chi connectivity index (χ2n) is 7.36. The lowest BCUT2D eigenvalue weighted by Crippen LogP contribution is -2.47. The second kappa shape index (κ2) is 7.01. The number of carbonyl (C=O) groups is 4. The number of aromatic amines is 1. The summed E-state index contributed by atoms with van der Waals surface area (Å²) in [6.07, 6.45) is 0.270. The molecule has 2 aromatic rings. The SMILES string of the molecule is COC(=O)c1c(C)[nH]c(C(=O)CN2C(=O)N[C@]3(CCOc4ccccc43)C2=O)c1C. The monoisotopic (exact) mass is 411 g/mol. The normalized spacial score (nSPS) is 20.0. The number of carbonyl (C=O) groups excluding carboxylic acids is 4.